The van der Waals surface area contributed by atoms with Crippen molar-refractivity contribution in [3.8, 4) is 11.4 Å². The van der Waals surface area contributed by atoms with Gasteiger partial charge in [0.15, 0.2) is 11.0 Å². The first kappa shape index (κ1) is 18.6. The monoisotopic (exact) mass is 417 g/mol. The van der Waals surface area contributed by atoms with Gasteiger partial charge in [-0.25, -0.2) is 4.98 Å². The van der Waals surface area contributed by atoms with Crippen molar-refractivity contribution in [3.63, 3.8) is 0 Å². The van der Waals surface area contributed by atoms with Crippen molar-refractivity contribution in [1.82, 2.24) is 24.7 Å². The molecule has 7 nitrogen and oxygen atoms in total. The molecule has 0 amide bonds. The van der Waals surface area contributed by atoms with Gasteiger partial charge in [-0.3, -0.25) is 4.79 Å². The maximum atomic E-state index is 12.5. The summed E-state index contributed by atoms with van der Waals surface area (Å²) < 4.78 is 7.73. The Morgan fingerprint density at radius 2 is 2.00 bits per heavy atom. The van der Waals surface area contributed by atoms with Crippen molar-refractivity contribution < 1.29 is 4.42 Å². The van der Waals surface area contributed by atoms with Crippen LogP contribution in [0.1, 0.15) is 18.3 Å². The molecular formula is C22H19N5O2S. The lowest BCUT2D eigenvalue weighted by Crippen LogP contribution is -2.10. The van der Waals surface area contributed by atoms with Crippen LogP contribution in [-0.2, 0) is 12.3 Å². The molecule has 0 fully saturated rings. The SMILES string of the molecule is CCn1c(SCc2nc3c(oc4ccccc43)c(=O)[nH]2)nnc1-c1cccc(C)c1. The van der Waals surface area contributed by atoms with Crippen LogP contribution in [0.3, 0.4) is 0 Å². The number of aryl methyl sites for hydroxylation is 1. The lowest BCUT2D eigenvalue weighted by Gasteiger charge is -2.07. The quantitative estimate of drug-likeness (QED) is 0.422. The average Bonchev–Trinajstić information content (AvgIpc) is 3.34. The van der Waals surface area contributed by atoms with Gasteiger partial charge in [-0.2, -0.15) is 0 Å². The number of benzene rings is 2. The van der Waals surface area contributed by atoms with Crippen LogP contribution in [0.4, 0.5) is 0 Å². The van der Waals surface area contributed by atoms with Gasteiger partial charge in [0, 0.05) is 17.5 Å². The van der Waals surface area contributed by atoms with Crippen LogP contribution in [0.2, 0.25) is 0 Å². The zero-order valence-electron chi connectivity index (χ0n) is 16.5. The third-order valence-corrected chi connectivity index (χ3v) is 5.91. The van der Waals surface area contributed by atoms with Gasteiger partial charge < -0.3 is 14.0 Å². The molecule has 2 aromatic carbocycles. The molecule has 0 aliphatic carbocycles. The van der Waals surface area contributed by atoms with E-state index in [1.807, 2.05) is 36.4 Å². The number of fused-ring (bicyclic) bond motifs is 3. The van der Waals surface area contributed by atoms with E-state index in [0.717, 1.165) is 28.5 Å². The lowest BCUT2D eigenvalue weighted by molar-refractivity contribution is 0.660. The molecule has 0 atom stereocenters. The standard InChI is InChI=1S/C22H19N5O2S/c1-3-27-20(14-8-6-7-13(2)11-14)25-26-22(27)30-12-17-23-18-15-9-4-5-10-16(15)29-19(18)21(28)24-17/h4-11H,3,12H2,1-2H3,(H,23,24,28). The maximum absolute atomic E-state index is 12.5. The molecule has 0 saturated carbocycles. The van der Waals surface area contributed by atoms with Crippen LogP contribution in [0, 0.1) is 6.92 Å². The molecule has 3 heterocycles. The van der Waals surface area contributed by atoms with Gasteiger partial charge in [0.25, 0.3) is 5.56 Å². The topological polar surface area (TPSA) is 89.6 Å². The number of nitrogens with one attached hydrogen (secondary N) is 1. The van der Waals surface area contributed by atoms with Crippen molar-refractivity contribution in [2.45, 2.75) is 31.3 Å². The Morgan fingerprint density at radius 3 is 2.83 bits per heavy atom. The number of thioether (sulfide) groups is 1. The largest absolute Gasteiger partial charge is 0.449 e. The normalized spacial score (nSPS) is 11.5. The molecule has 0 radical (unpaired) electrons. The summed E-state index contributed by atoms with van der Waals surface area (Å²) in [7, 11) is 0. The average molecular weight is 417 g/mol. The fourth-order valence-corrected chi connectivity index (χ4v) is 4.40. The summed E-state index contributed by atoms with van der Waals surface area (Å²) in [5, 5.41) is 10.4. The van der Waals surface area contributed by atoms with Gasteiger partial charge in [-0.05, 0) is 32.0 Å². The third kappa shape index (κ3) is 3.19. The van der Waals surface area contributed by atoms with Gasteiger partial charge in [-0.1, -0.05) is 47.7 Å². The van der Waals surface area contributed by atoms with Crippen LogP contribution in [0.15, 0.2) is 62.9 Å². The Kier molecular flexibility index (Phi) is 4.63. The zero-order valence-corrected chi connectivity index (χ0v) is 17.4. The van der Waals surface area contributed by atoms with Crippen LogP contribution in [0.25, 0.3) is 33.5 Å². The second-order valence-corrected chi connectivity index (χ2v) is 7.94. The summed E-state index contributed by atoms with van der Waals surface area (Å²) in [6.07, 6.45) is 0. The van der Waals surface area contributed by atoms with Gasteiger partial charge >= 0.3 is 0 Å². The minimum atomic E-state index is -0.274. The van der Waals surface area contributed by atoms with E-state index < -0.39 is 0 Å². The van der Waals surface area contributed by atoms with Gasteiger partial charge in [0.1, 0.15) is 16.9 Å². The van der Waals surface area contributed by atoms with Crippen LogP contribution >= 0.6 is 11.8 Å². The number of hydrogen-bond acceptors (Lipinski definition) is 6. The van der Waals surface area contributed by atoms with Crippen molar-refractivity contribution in [2.75, 3.05) is 0 Å². The number of H-pyrrole nitrogens is 1. The number of rotatable bonds is 5. The van der Waals surface area contributed by atoms with E-state index in [1.54, 1.807) is 0 Å². The molecule has 0 bridgehead atoms. The molecule has 8 heteroatoms. The highest BCUT2D eigenvalue weighted by molar-refractivity contribution is 7.98. The van der Waals surface area contributed by atoms with Crippen LogP contribution in [-0.4, -0.2) is 24.7 Å². The summed E-state index contributed by atoms with van der Waals surface area (Å²) in [6.45, 7) is 4.87. The van der Waals surface area contributed by atoms with Crippen molar-refractivity contribution in [2.24, 2.45) is 0 Å². The van der Waals surface area contributed by atoms with E-state index in [1.165, 1.54) is 17.3 Å². The van der Waals surface area contributed by atoms with Gasteiger partial charge in [0.2, 0.25) is 5.58 Å². The smallest absolute Gasteiger partial charge is 0.294 e. The molecule has 0 spiro atoms. The highest BCUT2D eigenvalue weighted by Crippen LogP contribution is 2.28. The molecule has 0 aliphatic heterocycles. The van der Waals surface area contributed by atoms with Crippen molar-refractivity contribution in [1.29, 1.82) is 0 Å². The highest BCUT2D eigenvalue weighted by Gasteiger charge is 2.16. The number of furan rings is 1. The predicted octanol–water partition coefficient (Wildman–Crippen LogP) is 4.55. The second-order valence-electron chi connectivity index (χ2n) is 7.00. The first-order valence-electron chi connectivity index (χ1n) is 9.67. The molecule has 150 valence electrons. The number of aromatic nitrogens is 5. The lowest BCUT2D eigenvalue weighted by atomic mass is 10.1. The van der Waals surface area contributed by atoms with Crippen LogP contribution in [0.5, 0.6) is 0 Å². The Bertz CT molecular complexity index is 1430. The molecule has 5 aromatic rings. The summed E-state index contributed by atoms with van der Waals surface area (Å²) in [5.74, 6) is 1.88. The number of hydrogen-bond donors (Lipinski definition) is 1. The number of aromatic amines is 1. The Balaban J connectivity index is 1.47. The third-order valence-electron chi connectivity index (χ3n) is 4.93. The van der Waals surface area contributed by atoms with Gasteiger partial charge in [0.05, 0.1) is 5.75 Å². The summed E-state index contributed by atoms with van der Waals surface area (Å²) in [4.78, 5) is 20.0. The van der Waals surface area contributed by atoms with Crippen molar-refractivity contribution >= 4 is 33.8 Å². The molecule has 0 unspecified atom stereocenters. The minimum absolute atomic E-state index is 0.253. The zero-order chi connectivity index (χ0) is 20.7. The summed E-state index contributed by atoms with van der Waals surface area (Å²) in [6, 6.07) is 15.7. The predicted molar refractivity (Wildman–Crippen MR) is 118 cm³/mol. The van der Waals surface area contributed by atoms with E-state index in [4.69, 9.17) is 4.42 Å². The molecular weight excluding hydrogens is 398 g/mol. The number of para-hydroxylation sites is 1. The molecule has 0 saturated heterocycles. The second kappa shape index (κ2) is 7.46. The first-order valence-corrected chi connectivity index (χ1v) is 10.7. The minimum Gasteiger partial charge on any atom is -0.449 e. The molecule has 1 N–H and O–H groups in total. The Labute approximate surface area is 176 Å². The summed E-state index contributed by atoms with van der Waals surface area (Å²) in [5.41, 5.74) is 3.43. The Hall–Kier alpha value is -3.39. The van der Waals surface area contributed by atoms with Gasteiger partial charge in [-0.15, -0.1) is 10.2 Å². The fraction of sp³-hybridized carbons (Fsp3) is 0.182. The first-order chi connectivity index (χ1) is 14.6. The molecule has 3 aromatic heterocycles. The fourth-order valence-electron chi connectivity index (χ4n) is 3.53. The van der Waals surface area contributed by atoms with E-state index in [-0.39, 0.29) is 11.1 Å². The van der Waals surface area contributed by atoms with Crippen molar-refractivity contribution in [3.05, 3.63) is 70.3 Å². The van der Waals surface area contributed by atoms with E-state index in [9.17, 15) is 4.79 Å². The molecule has 0 aliphatic rings. The van der Waals surface area contributed by atoms with E-state index >= 15 is 0 Å². The maximum Gasteiger partial charge on any atom is 0.294 e. The highest BCUT2D eigenvalue weighted by atomic mass is 32.2. The number of nitrogens with zero attached hydrogens (tertiary/aromatic N) is 4. The molecule has 5 rings (SSSR count). The molecule has 30 heavy (non-hydrogen) atoms. The van der Waals surface area contributed by atoms with E-state index in [2.05, 4.69) is 50.7 Å². The van der Waals surface area contributed by atoms with Crippen LogP contribution < -0.4 is 5.56 Å². The van der Waals surface area contributed by atoms with E-state index in [0.29, 0.717) is 22.7 Å². The Morgan fingerprint density at radius 1 is 1.13 bits per heavy atom. The summed E-state index contributed by atoms with van der Waals surface area (Å²) >= 11 is 1.50.